The zero-order valence-corrected chi connectivity index (χ0v) is 14.9. The van der Waals surface area contributed by atoms with Crippen molar-refractivity contribution < 1.29 is 27.8 Å². The van der Waals surface area contributed by atoms with E-state index >= 15 is 0 Å². The van der Waals surface area contributed by atoms with Crippen molar-refractivity contribution in [1.29, 1.82) is 0 Å². The molecule has 0 aromatic heterocycles. The summed E-state index contributed by atoms with van der Waals surface area (Å²) in [5, 5.41) is 8.62. The van der Waals surface area contributed by atoms with Crippen LogP contribution in [0.1, 0.15) is 24.0 Å². The summed E-state index contributed by atoms with van der Waals surface area (Å²) in [6.07, 6.45) is 0.213. The second-order valence-electron chi connectivity index (χ2n) is 5.88. The van der Waals surface area contributed by atoms with Crippen LogP contribution in [0, 0.1) is 13.8 Å². The monoisotopic (exact) mass is 357 g/mol. The lowest BCUT2D eigenvalue weighted by atomic mass is 10.1. The topological polar surface area (TPSA) is 93.1 Å². The molecule has 2 rings (SSSR count). The lowest BCUT2D eigenvalue weighted by Gasteiger charge is -2.20. The van der Waals surface area contributed by atoms with E-state index in [2.05, 4.69) is 0 Å². The zero-order valence-electron chi connectivity index (χ0n) is 14.1. The third-order valence-corrected chi connectivity index (χ3v) is 6.22. The van der Waals surface area contributed by atoms with Crippen LogP contribution in [0.3, 0.4) is 0 Å². The SMILES string of the molecule is COc1cc(C)c(S(=O)(=O)N2CCC(OCCC(=O)O)C2)c(C)c1. The molecule has 1 heterocycles. The molecule has 24 heavy (non-hydrogen) atoms. The van der Waals surface area contributed by atoms with E-state index in [1.54, 1.807) is 33.1 Å². The highest BCUT2D eigenvalue weighted by atomic mass is 32.2. The van der Waals surface area contributed by atoms with Crippen LogP contribution in [-0.2, 0) is 19.6 Å². The van der Waals surface area contributed by atoms with E-state index in [1.165, 1.54) is 4.31 Å². The molecule has 134 valence electrons. The number of methoxy groups -OCH3 is 1. The number of carbonyl (C=O) groups is 1. The van der Waals surface area contributed by atoms with Gasteiger partial charge in [0.1, 0.15) is 5.75 Å². The van der Waals surface area contributed by atoms with Crippen LogP contribution >= 0.6 is 0 Å². The number of carboxylic acid groups (broad SMARTS) is 1. The molecule has 1 aliphatic rings. The van der Waals surface area contributed by atoms with E-state index in [0.717, 1.165) is 0 Å². The molecule has 0 radical (unpaired) electrons. The van der Waals surface area contributed by atoms with Gasteiger partial charge < -0.3 is 14.6 Å². The Hall–Kier alpha value is -1.64. The fraction of sp³-hybridized carbons (Fsp3) is 0.562. The van der Waals surface area contributed by atoms with Crippen molar-refractivity contribution in [2.24, 2.45) is 0 Å². The minimum Gasteiger partial charge on any atom is -0.497 e. The molecular weight excluding hydrogens is 334 g/mol. The Balaban J connectivity index is 2.13. The molecule has 0 saturated carbocycles. The first-order valence-electron chi connectivity index (χ1n) is 7.74. The van der Waals surface area contributed by atoms with Crippen LogP contribution in [0.5, 0.6) is 5.75 Å². The highest BCUT2D eigenvalue weighted by molar-refractivity contribution is 7.89. The van der Waals surface area contributed by atoms with Crippen molar-refractivity contribution >= 4 is 16.0 Å². The summed E-state index contributed by atoms with van der Waals surface area (Å²) >= 11 is 0. The third kappa shape index (κ3) is 4.06. The molecule has 0 spiro atoms. The Morgan fingerprint density at radius 1 is 1.33 bits per heavy atom. The number of benzene rings is 1. The number of aliphatic carboxylic acids is 1. The molecule has 0 bridgehead atoms. The molecule has 1 aliphatic heterocycles. The first kappa shape index (κ1) is 18.7. The number of aryl methyl sites for hydroxylation is 2. The Kier molecular flexibility index (Phi) is 5.84. The molecule has 0 aliphatic carbocycles. The summed E-state index contributed by atoms with van der Waals surface area (Å²) < 4.78 is 37.9. The van der Waals surface area contributed by atoms with Gasteiger partial charge in [0.25, 0.3) is 0 Å². The second kappa shape index (κ2) is 7.50. The van der Waals surface area contributed by atoms with Gasteiger partial charge in [-0.15, -0.1) is 0 Å². The van der Waals surface area contributed by atoms with Crippen molar-refractivity contribution in [2.45, 2.75) is 37.7 Å². The number of hydrogen-bond acceptors (Lipinski definition) is 5. The van der Waals surface area contributed by atoms with Gasteiger partial charge in [-0.2, -0.15) is 4.31 Å². The fourth-order valence-corrected chi connectivity index (χ4v) is 4.83. The van der Waals surface area contributed by atoms with Crippen molar-refractivity contribution in [3.05, 3.63) is 23.3 Å². The number of sulfonamides is 1. The average Bonchev–Trinajstić information content (AvgIpc) is 2.95. The highest BCUT2D eigenvalue weighted by Gasteiger charge is 2.34. The summed E-state index contributed by atoms with van der Waals surface area (Å²) in [5.74, 6) is -0.304. The number of rotatable bonds is 7. The van der Waals surface area contributed by atoms with E-state index in [1.807, 2.05) is 0 Å². The molecule has 1 saturated heterocycles. The van der Waals surface area contributed by atoms with Gasteiger partial charge in [-0.3, -0.25) is 4.79 Å². The van der Waals surface area contributed by atoms with Gasteiger partial charge in [0.15, 0.2) is 0 Å². The summed E-state index contributed by atoms with van der Waals surface area (Å²) in [6.45, 7) is 4.20. The molecular formula is C16H23NO6S. The number of nitrogens with zero attached hydrogens (tertiary/aromatic N) is 1. The van der Waals surface area contributed by atoms with Crippen LogP contribution in [0.4, 0.5) is 0 Å². The molecule has 1 fully saturated rings. The zero-order chi connectivity index (χ0) is 17.9. The smallest absolute Gasteiger partial charge is 0.305 e. The lowest BCUT2D eigenvalue weighted by Crippen LogP contribution is -2.31. The molecule has 1 unspecified atom stereocenters. The van der Waals surface area contributed by atoms with Crippen molar-refractivity contribution in [2.75, 3.05) is 26.8 Å². The standard InChI is InChI=1S/C16H23NO6S/c1-11-8-14(22-3)9-12(2)16(11)24(20,21)17-6-4-13(10-17)23-7-5-15(18)19/h8-9,13H,4-7,10H2,1-3H3,(H,18,19). The van der Waals surface area contributed by atoms with Crippen molar-refractivity contribution in [3.63, 3.8) is 0 Å². The molecule has 8 heteroatoms. The Morgan fingerprint density at radius 3 is 2.50 bits per heavy atom. The first-order chi connectivity index (χ1) is 11.3. The fourth-order valence-electron chi connectivity index (χ4n) is 2.93. The highest BCUT2D eigenvalue weighted by Crippen LogP contribution is 2.30. The van der Waals surface area contributed by atoms with E-state index in [-0.39, 0.29) is 25.7 Å². The van der Waals surface area contributed by atoms with Crippen LogP contribution < -0.4 is 4.74 Å². The van der Waals surface area contributed by atoms with Crippen molar-refractivity contribution in [3.8, 4) is 5.75 Å². The molecule has 0 amide bonds. The number of hydrogen-bond donors (Lipinski definition) is 1. The van der Waals surface area contributed by atoms with Crippen LogP contribution in [-0.4, -0.2) is 56.7 Å². The van der Waals surface area contributed by atoms with E-state index in [4.69, 9.17) is 14.6 Å². The van der Waals surface area contributed by atoms with Gasteiger partial charge in [-0.05, 0) is 43.5 Å². The maximum absolute atomic E-state index is 12.9. The summed E-state index contributed by atoms with van der Waals surface area (Å²) in [4.78, 5) is 10.8. The van der Waals surface area contributed by atoms with Crippen molar-refractivity contribution in [1.82, 2.24) is 4.31 Å². The Bertz CT molecular complexity index is 692. The minimum atomic E-state index is -3.62. The quantitative estimate of drug-likeness (QED) is 0.796. The summed E-state index contributed by atoms with van der Waals surface area (Å²) in [6, 6.07) is 3.41. The van der Waals surface area contributed by atoms with Crippen LogP contribution in [0.2, 0.25) is 0 Å². The Morgan fingerprint density at radius 2 is 1.96 bits per heavy atom. The van der Waals surface area contributed by atoms with Gasteiger partial charge in [0.2, 0.25) is 10.0 Å². The predicted molar refractivity (Wildman–Crippen MR) is 87.8 cm³/mol. The van der Waals surface area contributed by atoms with Gasteiger partial charge in [0, 0.05) is 13.1 Å². The van der Waals surface area contributed by atoms with E-state index in [0.29, 0.717) is 34.7 Å². The molecule has 1 N–H and O–H groups in total. The number of ether oxygens (including phenoxy) is 2. The lowest BCUT2D eigenvalue weighted by molar-refractivity contribution is -0.138. The number of carboxylic acids is 1. The maximum Gasteiger partial charge on any atom is 0.305 e. The average molecular weight is 357 g/mol. The normalized spacial score (nSPS) is 18.7. The summed E-state index contributed by atoms with van der Waals surface area (Å²) in [7, 11) is -2.07. The van der Waals surface area contributed by atoms with Gasteiger partial charge in [-0.1, -0.05) is 0 Å². The second-order valence-corrected chi connectivity index (χ2v) is 7.75. The molecule has 7 nitrogen and oxygen atoms in total. The predicted octanol–water partition coefficient (Wildman–Crippen LogP) is 1.57. The van der Waals surface area contributed by atoms with Gasteiger partial charge in [-0.25, -0.2) is 8.42 Å². The van der Waals surface area contributed by atoms with Crippen LogP contribution in [0.25, 0.3) is 0 Å². The minimum absolute atomic E-state index is 0.0834. The van der Waals surface area contributed by atoms with Gasteiger partial charge >= 0.3 is 5.97 Å². The maximum atomic E-state index is 12.9. The largest absolute Gasteiger partial charge is 0.497 e. The molecule has 1 aromatic carbocycles. The Labute approximate surface area is 142 Å². The summed E-state index contributed by atoms with van der Waals surface area (Å²) in [5.41, 5.74) is 1.28. The van der Waals surface area contributed by atoms with Gasteiger partial charge in [0.05, 0.1) is 31.1 Å². The first-order valence-corrected chi connectivity index (χ1v) is 9.18. The van der Waals surface area contributed by atoms with Crippen LogP contribution in [0.15, 0.2) is 17.0 Å². The van der Waals surface area contributed by atoms with E-state index < -0.39 is 16.0 Å². The molecule has 1 aromatic rings. The molecule has 1 atom stereocenters. The third-order valence-electron chi connectivity index (χ3n) is 4.04. The van der Waals surface area contributed by atoms with E-state index in [9.17, 15) is 13.2 Å².